The van der Waals surface area contributed by atoms with E-state index in [0.717, 1.165) is 61.9 Å². The normalized spacial score (nSPS) is 17.0. The van der Waals surface area contributed by atoms with Crippen LogP contribution in [-0.4, -0.2) is 68.4 Å². The molecule has 0 radical (unpaired) electrons. The van der Waals surface area contributed by atoms with Crippen LogP contribution in [0, 0.1) is 0 Å². The Hall–Kier alpha value is -0.560. The van der Waals surface area contributed by atoms with Gasteiger partial charge in [0.15, 0.2) is 0 Å². The van der Waals surface area contributed by atoms with Gasteiger partial charge in [0, 0.05) is 44.8 Å². The maximum atomic E-state index is 12.6. The molecular weight excluding hydrogens is 304 g/mol. The van der Waals surface area contributed by atoms with Crippen LogP contribution >= 0.6 is 23.1 Å². The van der Waals surface area contributed by atoms with Gasteiger partial charge in [0.05, 0.1) is 0 Å². The summed E-state index contributed by atoms with van der Waals surface area (Å²) in [4.78, 5) is 19.1. The second-order valence-corrected chi connectivity index (χ2v) is 6.92. The number of carbonyl (C=O) groups excluding carboxylic acids is 1. The summed E-state index contributed by atoms with van der Waals surface area (Å²) in [5, 5.41) is 2.01. The molecule has 0 aromatic carbocycles. The van der Waals surface area contributed by atoms with Crippen molar-refractivity contribution < 1.29 is 9.53 Å². The summed E-state index contributed by atoms with van der Waals surface area (Å²) >= 11 is 3.21. The van der Waals surface area contributed by atoms with E-state index in [1.807, 2.05) is 22.6 Å². The van der Waals surface area contributed by atoms with Crippen molar-refractivity contribution in [3.63, 3.8) is 0 Å². The zero-order chi connectivity index (χ0) is 15.1. The van der Waals surface area contributed by atoms with Crippen molar-refractivity contribution in [1.82, 2.24) is 9.80 Å². The Balaban J connectivity index is 1.89. The molecule has 2 rings (SSSR count). The van der Waals surface area contributed by atoms with Crippen LogP contribution < -0.4 is 0 Å². The van der Waals surface area contributed by atoms with Gasteiger partial charge in [0.25, 0.3) is 5.91 Å². The lowest BCUT2D eigenvalue weighted by atomic mass is 10.3. The lowest BCUT2D eigenvalue weighted by molar-refractivity contribution is 0.0762. The lowest BCUT2D eigenvalue weighted by Gasteiger charge is -2.21. The van der Waals surface area contributed by atoms with E-state index >= 15 is 0 Å². The maximum Gasteiger partial charge on any atom is 0.265 e. The topological polar surface area (TPSA) is 32.8 Å². The molecule has 1 aromatic heterocycles. The average Bonchev–Trinajstić information content (AvgIpc) is 2.85. The molecule has 6 heteroatoms. The fourth-order valence-corrected chi connectivity index (χ4v) is 4.30. The van der Waals surface area contributed by atoms with E-state index in [1.165, 1.54) is 0 Å². The fraction of sp³-hybridized carbons (Fsp3) is 0.667. The fourth-order valence-electron chi connectivity index (χ4n) is 2.59. The summed E-state index contributed by atoms with van der Waals surface area (Å²) in [6, 6.07) is 2.04. The van der Waals surface area contributed by atoms with Crippen LogP contribution in [0.2, 0.25) is 0 Å². The summed E-state index contributed by atoms with van der Waals surface area (Å²) in [6.45, 7) is 5.61. The minimum atomic E-state index is 0.202. The van der Waals surface area contributed by atoms with Gasteiger partial charge in [-0.25, -0.2) is 0 Å². The highest BCUT2D eigenvalue weighted by atomic mass is 32.2. The zero-order valence-corrected chi connectivity index (χ0v) is 14.5. The standard InChI is InChI=1S/C15H24N2O2S2/c1-19-11-4-7-16-6-3-8-17(10-9-16)15(18)14-13(20-2)5-12-21-14/h5,12H,3-4,6-11H2,1-2H3. The van der Waals surface area contributed by atoms with E-state index in [-0.39, 0.29) is 5.91 Å². The average molecular weight is 329 g/mol. The van der Waals surface area contributed by atoms with Gasteiger partial charge in [-0.3, -0.25) is 4.79 Å². The van der Waals surface area contributed by atoms with Crippen molar-refractivity contribution in [2.24, 2.45) is 0 Å². The van der Waals surface area contributed by atoms with Crippen molar-refractivity contribution in [3.8, 4) is 0 Å². The van der Waals surface area contributed by atoms with Crippen LogP contribution in [0.5, 0.6) is 0 Å². The monoisotopic (exact) mass is 328 g/mol. The molecule has 118 valence electrons. The molecule has 4 nitrogen and oxygen atoms in total. The maximum absolute atomic E-state index is 12.6. The lowest BCUT2D eigenvalue weighted by Crippen LogP contribution is -2.35. The predicted molar refractivity (Wildman–Crippen MR) is 89.6 cm³/mol. The summed E-state index contributed by atoms with van der Waals surface area (Å²) in [6.07, 6.45) is 4.14. The molecule has 0 spiro atoms. The van der Waals surface area contributed by atoms with Gasteiger partial charge < -0.3 is 14.5 Å². The number of carbonyl (C=O) groups is 1. The Morgan fingerprint density at radius 3 is 3.00 bits per heavy atom. The van der Waals surface area contributed by atoms with Gasteiger partial charge >= 0.3 is 0 Å². The zero-order valence-electron chi connectivity index (χ0n) is 12.8. The molecule has 1 aromatic rings. The summed E-state index contributed by atoms with van der Waals surface area (Å²) in [7, 11) is 1.74. The van der Waals surface area contributed by atoms with Crippen molar-refractivity contribution >= 4 is 29.0 Å². The Bertz CT molecular complexity index is 451. The van der Waals surface area contributed by atoms with Gasteiger partial charge in [-0.1, -0.05) is 0 Å². The third-order valence-electron chi connectivity index (χ3n) is 3.74. The first-order valence-electron chi connectivity index (χ1n) is 7.38. The molecule has 1 saturated heterocycles. The number of rotatable bonds is 6. The van der Waals surface area contributed by atoms with E-state index in [4.69, 9.17) is 4.74 Å². The van der Waals surface area contributed by atoms with Crippen LogP contribution in [0.4, 0.5) is 0 Å². The Labute approximate surface area is 135 Å². The molecule has 1 aliphatic heterocycles. The van der Waals surface area contributed by atoms with Crippen LogP contribution in [0.1, 0.15) is 22.5 Å². The van der Waals surface area contributed by atoms with Crippen molar-refractivity contribution in [1.29, 1.82) is 0 Å². The van der Waals surface area contributed by atoms with E-state index < -0.39 is 0 Å². The number of amides is 1. The largest absolute Gasteiger partial charge is 0.385 e. The number of methoxy groups -OCH3 is 1. The second-order valence-electron chi connectivity index (χ2n) is 5.15. The number of thiophene rings is 1. The highest BCUT2D eigenvalue weighted by molar-refractivity contribution is 7.98. The Morgan fingerprint density at radius 1 is 1.38 bits per heavy atom. The number of hydrogen-bond donors (Lipinski definition) is 0. The molecule has 0 aliphatic carbocycles. The first kappa shape index (κ1) is 16.8. The minimum Gasteiger partial charge on any atom is -0.385 e. The van der Waals surface area contributed by atoms with Crippen LogP contribution in [0.25, 0.3) is 0 Å². The molecule has 2 heterocycles. The molecule has 1 amide bonds. The second kappa shape index (κ2) is 8.78. The van der Waals surface area contributed by atoms with Gasteiger partial charge in [-0.05, 0) is 37.1 Å². The van der Waals surface area contributed by atoms with Gasteiger partial charge in [0.1, 0.15) is 4.88 Å². The third-order valence-corrected chi connectivity index (χ3v) is 5.55. The molecule has 0 bridgehead atoms. The first-order chi connectivity index (χ1) is 10.3. The smallest absolute Gasteiger partial charge is 0.265 e. The van der Waals surface area contributed by atoms with Gasteiger partial charge in [-0.15, -0.1) is 23.1 Å². The quantitative estimate of drug-likeness (QED) is 0.594. The molecule has 0 atom stereocenters. The highest BCUT2D eigenvalue weighted by Crippen LogP contribution is 2.27. The highest BCUT2D eigenvalue weighted by Gasteiger charge is 2.22. The van der Waals surface area contributed by atoms with E-state index in [1.54, 1.807) is 30.2 Å². The molecule has 0 saturated carbocycles. The van der Waals surface area contributed by atoms with Gasteiger partial charge in [-0.2, -0.15) is 0 Å². The molecule has 21 heavy (non-hydrogen) atoms. The Morgan fingerprint density at radius 2 is 2.24 bits per heavy atom. The van der Waals surface area contributed by atoms with Crippen LogP contribution in [0.15, 0.2) is 16.3 Å². The Kier molecular flexibility index (Phi) is 7.03. The van der Waals surface area contributed by atoms with E-state index in [9.17, 15) is 4.79 Å². The van der Waals surface area contributed by atoms with Crippen LogP contribution in [-0.2, 0) is 4.74 Å². The number of nitrogens with zero attached hydrogens (tertiary/aromatic N) is 2. The van der Waals surface area contributed by atoms with Crippen molar-refractivity contribution in [2.45, 2.75) is 17.7 Å². The first-order valence-corrected chi connectivity index (χ1v) is 9.48. The molecule has 1 aliphatic rings. The SMILES string of the molecule is COCCCN1CCCN(C(=O)c2sccc2SC)CC1. The third kappa shape index (κ3) is 4.71. The molecular formula is C15H24N2O2S2. The van der Waals surface area contributed by atoms with Crippen molar-refractivity contribution in [3.05, 3.63) is 16.3 Å². The minimum absolute atomic E-state index is 0.202. The molecule has 0 unspecified atom stereocenters. The summed E-state index contributed by atoms with van der Waals surface area (Å²) in [5.74, 6) is 0.202. The van der Waals surface area contributed by atoms with Crippen molar-refractivity contribution in [2.75, 3.05) is 52.7 Å². The van der Waals surface area contributed by atoms with Crippen LogP contribution in [0.3, 0.4) is 0 Å². The molecule has 1 fully saturated rings. The summed E-state index contributed by atoms with van der Waals surface area (Å²) in [5.41, 5.74) is 0. The van der Waals surface area contributed by atoms with Gasteiger partial charge in [0.2, 0.25) is 0 Å². The molecule has 0 N–H and O–H groups in total. The predicted octanol–water partition coefficient (Wildman–Crippen LogP) is 2.65. The number of hydrogen-bond acceptors (Lipinski definition) is 5. The van der Waals surface area contributed by atoms with E-state index in [2.05, 4.69) is 4.90 Å². The van der Waals surface area contributed by atoms with E-state index in [0.29, 0.717) is 0 Å². The number of thioether (sulfide) groups is 1. The summed E-state index contributed by atoms with van der Waals surface area (Å²) < 4.78 is 5.11. The number of ether oxygens (including phenoxy) is 1.